The third-order valence-corrected chi connectivity index (χ3v) is 8.46. The van der Waals surface area contributed by atoms with Gasteiger partial charge < -0.3 is 19.2 Å². The molecule has 0 radical (unpaired) electrons. The van der Waals surface area contributed by atoms with Gasteiger partial charge >= 0.3 is 5.97 Å². The smallest absolute Gasteiger partial charge is 0.338 e. The first-order valence-electron chi connectivity index (χ1n) is 14.2. The fraction of sp³-hybridized carbons (Fsp3) is 0.171. The van der Waals surface area contributed by atoms with Gasteiger partial charge in [-0.25, -0.2) is 9.79 Å². The maximum absolute atomic E-state index is 14.3. The lowest BCUT2D eigenvalue weighted by atomic mass is 9.96. The highest BCUT2D eigenvalue weighted by atomic mass is 32.1. The predicted octanol–water partition coefficient (Wildman–Crippen LogP) is 5.52. The second kappa shape index (κ2) is 12.2. The predicted molar refractivity (Wildman–Crippen MR) is 173 cm³/mol. The summed E-state index contributed by atoms with van der Waals surface area (Å²) in [6.07, 6.45) is 3.57. The number of ether oxygens (including phenoxy) is 3. The molecule has 6 rings (SSSR count). The van der Waals surface area contributed by atoms with E-state index in [1.54, 1.807) is 31.6 Å². The Morgan fingerprint density at radius 1 is 1.09 bits per heavy atom. The Kier molecular flexibility index (Phi) is 8.04. The number of carbonyl (C=O) groups is 1. The molecule has 0 fully saturated rings. The van der Waals surface area contributed by atoms with Gasteiger partial charge in [0.15, 0.2) is 4.80 Å². The van der Waals surface area contributed by atoms with Gasteiger partial charge in [-0.3, -0.25) is 9.36 Å². The molecule has 0 aliphatic carbocycles. The number of hydrogen-bond acceptors (Lipinski definition) is 7. The Balaban J connectivity index is 1.57. The Labute approximate surface area is 257 Å². The number of carbonyl (C=O) groups excluding carboxylic acids is 1. The highest BCUT2D eigenvalue weighted by molar-refractivity contribution is 7.07. The molecular weight excluding hydrogens is 574 g/mol. The van der Waals surface area contributed by atoms with E-state index in [1.807, 2.05) is 78.9 Å². The van der Waals surface area contributed by atoms with Crippen molar-refractivity contribution < 1.29 is 19.0 Å². The SMILES string of the molecule is C=CCOc1ccc([C@H]2C(C(=O)OCC)=C(C)N=c3s/c(=C\c4c(-c5ccccc5)[nH]c5c(OC)cccc45)c(=O)n32)cc1. The normalized spacial score (nSPS) is 14.7. The molecule has 2 aromatic heterocycles. The van der Waals surface area contributed by atoms with Crippen molar-refractivity contribution in [1.82, 2.24) is 9.55 Å². The van der Waals surface area contributed by atoms with Crippen LogP contribution in [0.2, 0.25) is 0 Å². The fourth-order valence-electron chi connectivity index (χ4n) is 5.50. The molecule has 222 valence electrons. The zero-order valence-electron chi connectivity index (χ0n) is 24.6. The van der Waals surface area contributed by atoms with E-state index in [0.717, 1.165) is 33.3 Å². The molecule has 3 aromatic carbocycles. The standard InChI is InChI=1S/C35H31N3O5S/c1-5-19-43-24-17-15-23(16-18-24)32-29(34(40)42-6-2)21(3)36-35-38(32)33(39)28(44-35)20-26-25-13-10-14-27(41-4)31(25)37-30(26)22-11-8-7-9-12-22/h5,7-18,20,32,37H,1,6,19H2,2-4H3/b28-20-/t32-/m0/s1. The van der Waals surface area contributed by atoms with E-state index < -0.39 is 12.0 Å². The highest BCUT2D eigenvalue weighted by Gasteiger charge is 2.33. The van der Waals surface area contributed by atoms with E-state index >= 15 is 0 Å². The first-order valence-corrected chi connectivity index (χ1v) is 15.0. The van der Waals surface area contributed by atoms with Gasteiger partial charge in [-0.1, -0.05) is 78.6 Å². The van der Waals surface area contributed by atoms with Crippen molar-refractivity contribution in [1.29, 1.82) is 0 Å². The number of hydrogen-bond donors (Lipinski definition) is 1. The maximum Gasteiger partial charge on any atom is 0.338 e. The van der Waals surface area contributed by atoms with Crippen molar-refractivity contribution in [2.24, 2.45) is 4.99 Å². The molecule has 0 bridgehead atoms. The van der Waals surface area contributed by atoms with Gasteiger partial charge in [0.05, 0.1) is 46.8 Å². The molecule has 9 heteroatoms. The van der Waals surface area contributed by atoms with Crippen LogP contribution in [-0.2, 0) is 9.53 Å². The van der Waals surface area contributed by atoms with Crippen LogP contribution in [0.15, 0.2) is 107 Å². The first kappa shape index (κ1) is 28.9. The third-order valence-electron chi connectivity index (χ3n) is 7.47. The molecule has 1 atom stereocenters. The van der Waals surface area contributed by atoms with Gasteiger partial charge in [0.1, 0.15) is 18.1 Å². The topological polar surface area (TPSA) is 94.9 Å². The van der Waals surface area contributed by atoms with Gasteiger partial charge in [-0.05, 0) is 49.2 Å². The quantitative estimate of drug-likeness (QED) is 0.176. The van der Waals surface area contributed by atoms with Crippen LogP contribution in [0.3, 0.4) is 0 Å². The van der Waals surface area contributed by atoms with E-state index in [4.69, 9.17) is 19.2 Å². The second-order valence-corrected chi connectivity index (χ2v) is 11.1. The number of allylic oxidation sites excluding steroid dienone is 1. The minimum atomic E-state index is -0.724. The minimum Gasteiger partial charge on any atom is -0.495 e. The molecular formula is C35H31N3O5S. The molecule has 0 spiro atoms. The van der Waals surface area contributed by atoms with Crippen molar-refractivity contribution in [2.75, 3.05) is 20.3 Å². The van der Waals surface area contributed by atoms with E-state index in [1.165, 1.54) is 11.3 Å². The van der Waals surface area contributed by atoms with Crippen molar-refractivity contribution in [2.45, 2.75) is 19.9 Å². The molecule has 0 amide bonds. The number of esters is 1. The number of methoxy groups -OCH3 is 1. The van der Waals surface area contributed by atoms with Crippen LogP contribution in [-0.4, -0.2) is 35.8 Å². The average Bonchev–Trinajstić information content (AvgIpc) is 3.57. The number of H-pyrrole nitrogens is 1. The zero-order valence-corrected chi connectivity index (χ0v) is 25.4. The van der Waals surface area contributed by atoms with Crippen molar-refractivity contribution in [3.05, 3.63) is 128 Å². The van der Waals surface area contributed by atoms with Crippen LogP contribution in [0.5, 0.6) is 11.5 Å². The number of thiazole rings is 1. The number of rotatable bonds is 9. The largest absolute Gasteiger partial charge is 0.495 e. The molecule has 5 aromatic rings. The zero-order chi connectivity index (χ0) is 30.8. The Morgan fingerprint density at radius 3 is 2.57 bits per heavy atom. The molecule has 3 heterocycles. The van der Waals surface area contributed by atoms with E-state index in [-0.39, 0.29) is 12.2 Å². The highest BCUT2D eigenvalue weighted by Crippen LogP contribution is 2.36. The van der Waals surface area contributed by atoms with Gasteiger partial charge in [0.25, 0.3) is 5.56 Å². The van der Waals surface area contributed by atoms with Crippen LogP contribution in [0, 0.1) is 0 Å². The number of aromatic amines is 1. The van der Waals surface area contributed by atoms with Crippen LogP contribution in [0.25, 0.3) is 28.2 Å². The third kappa shape index (κ3) is 5.16. The molecule has 1 aliphatic rings. The summed E-state index contributed by atoms with van der Waals surface area (Å²) >= 11 is 1.29. The summed E-state index contributed by atoms with van der Waals surface area (Å²) in [5.41, 5.74) is 4.86. The number of para-hydroxylation sites is 1. The van der Waals surface area contributed by atoms with Gasteiger partial charge in [0.2, 0.25) is 0 Å². The van der Waals surface area contributed by atoms with Crippen LogP contribution < -0.4 is 24.4 Å². The fourth-order valence-corrected chi connectivity index (χ4v) is 6.53. The van der Waals surface area contributed by atoms with Crippen LogP contribution >= 0.6 is 11.3 Å². The van der Waals surface area contributed by atoms with Crippen molar-refractivity contribution in [3.63, 3.8) is 0 Å². The summed E-state index contributed by atoms with van der Waals surface area (Å²) in [5, 5.41) is 0.920. The Bertz CT molecular complexity index is 2090. The molecule has 0 unspecified atom stereocenters. The molecule has 1 N–H and O–H groups in total. The molecule has 1 aliphatic heterocycles. The summed E-state index contributed by atoms with van der Waals surface area (Å²) in [4.78, 5) is 36.3. The van der Waals surface area contributed by atoms with E-state index in [0.29, 0.717) is 38.7 Å². The summed E-state index contributed by atoms with van der Waals surface area (Å²) in [6, 6.07) is 22.4. The lowest BCUT2D eigenvalue weighted by Gasteiger charge is -2.24. The van der Waals surface area contributed by atoms with Gasteiger partial charge in [-0.15, -0.1) is 0 Å². The lowest BCUT2D eigenvalue weighted by Crippen LogP contribution is -2.39. The number of nitrogens with zero attached hydrogens (tertiary/aromatic N) is 2. The Morgan fingerprint density at radius 2 is 1.86 bits per heavy atom. The average molecular weight is 606 g/mol. The molecule has 44 heavy (non-hydrogen) atoms. The number of fused-ring (bicyclic) bond motifs is 2. The molecule has 0 saturated carbocycles. The Hall–Kier alpha value is -5.15. The summed E-state index contributed by atoms with van der Waals surface area (Å²) in [5.74, 6) is 0.855. The van der Waals surface area contributed by atoms with Gasteiger partial charge in [0, 0.05) is 10.9 Å². The van der Waals surface area contributed by atoms with Crippen molar-refractivity contribution >= 4 is 34.3 Å². The lowest BCUT2D eigenvalue weighted by molar-refractivity contribution is -0.139. The second-order valence-electron chi connectivity index (χ2n) is 10.1. The molecule has 0 saturated heterocycles. The monoisotopic (exact) mass is 605 g/mol. The number of benzene rings is 3. The minimum absolute atomic E-state index is 0.202. The van der Waals surface area contributed by atoms with E-state index in [2.05, 4.69) is 11.6 Å². The van der Waals surface area contributed by atoms with Crippen LogP contribution in [0.1, 0.15) is 31.0 Å². The first-order chi connectivity index (χ1) is 21.4. The summed E-state index contributed by atoms with van der Waals surface area (Å²) in [7, 11) is 1.64. The summed E-state index contributed by atoms with van der Waals surface area (Å²) < 4.78 is 18.8. The molecule has 8 nitrogen and oxygen atoms in total. The maximum atomic E-state index is 14.3. The van der Waals surface area contributed by atoms with Gasteiger partial charge in [-0.2, -0.15) is 0 Å². The van der Waals surface area contributed by atoms with Crippen molar-refractivity contribution in [3.8, 4) is 22.8 Å². The number of aromatic nitrogens is 2. The van der Waals surface area contributed by atoms with E-state index in [9.17, 15) is 9.59 Å². The van der Waals surface area contributed by atoms with Crippen LogP contribution in [0.4, 0.5) is 0 Å². The number of nitrogens with one attached hydrogen (secondary N) is 1. The summed E-state index contributed by atoms with van der Waals surface area (Å²) in [6.45, 7) is 7.79.